The summed E-state index contributed by atoms with van der Waals surface area (Å²) in [5.41, 5.74) is 4.24. The van der Waals surface area contributed by atoms with Gasteiger partial charge in [-0.25, -0.2) is 0 Å². The van der Waals surface area contributed by atoms with E-state index in [-0.39, 0.29) is 5.91 Å². The molecule has 0 fully saturated rings. The van der Waals surface area contributed by atoms with Crippen LogP contribution in [0.15, 0.2) is 41.0 Å². The largest absolute Gasteiger partial charge is 0.493 e. The van der Waals surface area contributed by atoms with Crippen LogP contribution < -0.4 is 14.2 Å². The van der Waals surface area contributed by atoms with Crippen molar-refractivity contribution < 1.29 is 23.4 Å². The zero-order valence-electron chi connectivity index (χ0n) is 19.5. The number of furan rings is 1. The van der Waals surface area contributed by atoms with Crippen molar-refractivity contribution in [2.24, 2.45) is 7.05 Å². The van der Waals surface area contributed by atoms with Crippen LogP contribution in [0, 0.1) is 0 Å². The van der Waals surface area contributed by atoms with Gasteiger partial charge in [0.1, 0.15) is 5.76 Å². The van der Waals surface area contributed by atoms with Crippen LogP contribution in [0.4, 0.5) is 0 Å². The fourth-order valence-electron chi connectivity index (χ4n) is 4.28. The van der Waals surface area contributed by atoms with Crippen molar-refractivity contribution in [2.75, 3.05) is 21.3 Å². The summed E-state index contributed by atoms with van der Waals surface area (Å²) < 4.78 is 23.6. The van der Waals surface area contributed by atoms with Crippen LogP contribution in [0.2, 0.25) is 0 Å². The molecular weight excluding hydrogens is 422 g/mol. The maximum atomic E-state index is 13.3. The minimum absolute atomic E-state index is 0.141. The lowest BCUT2D eigenvalue weighted by Crippen LogP contribution is -2.29. The predicted molar refractivity (Wildman–Crippen MR) is 123 cm³/mol. The molecule has 1 amide bonds. The molecule has 0 atom stereocenters. The molecule has 8 nitrogen and oxygen atoms in total. The van der Waals surface area contributed by atoms with Crippen molar-refractivity contribution in [2.45, 2.75) is 32.4 Å². The van der Waals surface area contributed by atoms with Gasteiger partial charge in [-0.3, -0.25) is 9.48 Å². The van der Waals surface area contributed by atoms with E-state index in [2.05, 4.69) is 5.10 Å². The van der Waals surface area contributed by atoms with Crippen molar-refractivity contribution in [1.82, 2.24) is 14.7 Å². The van der Waals surface area contributed by atoms with Crippen molar-refractivity contribution in [3.63, 3.8) is 0 Å². The number of aromatic nitrogens is 2. The maximum absolute atomic E-state index is 13.3. The number of fused-ring (bicyclic) bond motifs is 1. The highest BCUT2D eigenvalue weighted by atomic mass is 16.5. The summed E-state index contributed by atoms with van der Waals surface area (Å²) in [4.78, 5) is 15.0. The number of methoxy groups -OCH3 is 3. The maximum Gasteiger partial charge on any atom is 0.247 e. The molecule has 0 N–H and O–H groups in total. The fraction of sp³-hybridized carbons (Fsp3) is 0.360. The van der Waals surface area contributed by atoms with Gasteiger partial charge in [-0.2, -0.15) is 5.10 Å². The van der Waals surface area contributed by atoms with E-state index in [1.807, 2.05) is 23.9 Å². The minimum atomic E-state index is -0.141. The molecule has 1 aliphatic carbocycles. The Bertz CT molecular complexity index is 1120. The van der Waals surface area contributed by atoms with Crippen molar-refractivity contribution >= 4 is 12.0 Å². The Balaban J connectivity index is 1.59. The molecule has 1 aromatic carbocycles. The minimum Gasteiger partial charge on any atom is -0.493 e. The van der Waals surface area contributed by atoms with Gasteiger partial charge in [0.05, 0.1) is 46.4 Å². The Morgan fingerprint density at radius 3 is 2.55 bits per heavy atom. The van der Waals surface area contributed by atoms with E-state index in [1.54, 1.807) is 56.8 Å². The standard InChI is InChI=1S/C25H29N3O5/c1-27-21-9-5-8-19(21)20(26-27)16-28(15-18-7-6-12-33-18)24(29)11-10-17-13-22(30-2)25(32-4)23(14-17)31-3/h6-7,10-14H,5,8-9,15-16H2,1-4H3/b11-10+. The molecule has 33 heavy (non-hydrogen) atoms. The number of ether oxygens (including phenoxy) is 3. The molecule has 3 aromatic rings. The number of carbonyl (C=O) groups excluding carboxylic acids is 1. The Morgan fingerprint density at radius 2 is 1.91 bits per heavy atom. The van der Waals surface area contributed by atoms with Crippen LogP contribution in [0.25, 0.3) is 6.08 Å². The molecule has 1 aliphatic rings. The number of carbonyl (C=O) groups is 1. The zero-order chi connectivity index (χ0) is 23.4. The topological polar surface area (TPSA) is 79.0 Å². The van der Waals surface area contributed by atoms with Crippen molar-refractivity contribution in [3.05, 3.63) is 64.9 Å². The highest BCUT2D eigenvalue weighted by molar-refractivity contribution is 5.92. The fourth-order valence-corrected chi connectivity index (χ4v) is 4.28. The Labute approximate surface area is 193 Å². The molecule has 0 spiro atoms. The van der Waals surface area contributed by atoms with Crippen LogP contribution in [-0.2, 0) is 37.8 Å². The number of benzene rings is 1. The third kappa shape index (κ3) is 4.74. The predicted octanol–water partition coefficient (Wildman–Crippen LogP) is 3.77. The second-order valence-corrected chi connectivity index (χ2v) is 7.91. The first kappa shape index (κ1) is 22.5. The second-order valence-electron chi connectivity index (χ2n) is 7.91. The highest BCUT2D eigenvalue weighted by Crippen LogP contribution is 2.38. The molecular formula is C25H29N3O5. The van der Waals surface area contributed by atoms with E-state index in [9.17, 15) is 4.79 Å². The summed E-state index contributed by atoms with van der Waals surface area (Å²) in [5, 5.41) is 4.69. The van der Waals surface area contributed by atoms with Gasteiger partial charge in [-0.05, 0) is 60.7 Å². The monoisotopic (exact) mass is 451 g/mol. The molecule has 8 heteroatoms. The smallest absolute Gasteiger partial charge is 0.247 e. The molecule has 0 aliphatic heterocycles. The van der Waals surface area contributed by atoms with Crippen LogP contribution in [0.3, 0.4) is 0 Å². The molecule has 4 rings (SSSR count). The SMILES string of the molecule is COc1cc(/C=C/C(=O)N(Cc2ccco2)Cc2nn(C)c3c2CCC3)cc(OC)c1OC. The summed E-state index contributed by atoms with van der Waals surface area (Å²) in [6, 6.07) is 7.29. The van der Waals surface area contributed by atoms with Crippen LogP contribution in [-0.4, -0.2) is 41.9 Å². The lowest BCUT2D eigenvalue weighted by atomic mass is 10.1. The lowest BCUT2D eigenvalue weighted by molar-refractivity contribution is -0.127. The number of rotatable bonds is 9. The van der Waals surface area contributed by atoms with E-state index in [1.165, 1.54) is 11.3 Å². The molecule has 0 bridgehead atoms. The molecule has 0 unspecified atom stereocenters. The van der Waals surface area contributed by atoms with Crippen LogP contribution in [0.5, 0.6) is 17.2 Å². The summed E-state index contributed by atoms with van der Waals surface area (Å²) in [6.45, 7) is 0.777. The zero-order valence-corrected chi connectivity index (χ0v) is 19.5. The average Bonchev–Trinajstić information content (AvgIpc) is 3.57. The first-order valence-electron chi connectivity index (χ1n) is 10.9. The summed E-state index contributed by atoms with van der Waals surface area (Å²) >= 11 is 0. The van der Waals surface area contributed by atoms with E-state index in [4.69, 9.17) is 18.6 Å². The normalized spacial score (nSPS) is 12.7. The number of hydrogen-bond donors (Lipinski definition) is 0. The van der Waals surface area contributed by atoms with Gasteiger partial charge in [0, 0.05) is 18.8 Å². The third-order valence-electron chi connectivity index (χ3n) is 5.88. The Kier molecular flexibility index (Phi) is 6.72. The van der Waals surface area contributed by atoms with Gasteiger partial charge in [0.15, 0.2) is 11.5 Å². The second kappa shape index (κ2) is 9.85. The number of hydrogen-bond acceptors (Lipinski definition) is 6. The molecule has 2 aromatic heterocycles. The summed E-state index contributed by atoms with van der Waals surface area (Å²) in [7, 11) is 6.65. The molecule has 174 valence electrons. The molecule has 0 saturated carbocycles. The summed E-state index contributed by atoms with van der Waals surface area (Å²) in [5.74, 6) is 2.14. The van der Waals surface area contributed by atoms with Gasteiger partial charge in [-0.1, -0.05) is 0 Å². The van der Waals surface area contributed by atoms with E-state index in [0.29, 0.717) is 30.3 Å². The van der Waals surface area contributed by atoms with Gasteiger partial charge in [0.25, 0.3) is 0 Å². The van der Waals surface area contributed by atoms with Gasteiger partial charge in [-0.15, -0.1) is 0 Å². The van der Waals surface area contributed by atoms with E-state index in [0.717, 1.165) is 36.3 Å². The number of amides is 1. The number of nitrogens with zero attached hydrogens (tertiary/aromatic N) is 3. The molecule has 2 heterocycles. The van der Waals surface area contributed by atoms with Gasteiger partial charge >= 0.3 is 0 Å². The molecule has 0 radical (unpaired) electrons. The van der Waals surface area contributed by atoms with Crippen molar-refractivity contribution in [3.8, 4) is 17.2 Å². The quantitative estimate of drug-likeness (QED) is 0.461. The average molecular weight is 452 g/mol. The molecule has 0 saturated heterocycles. The first-order valence-corrected chi connectivity index (χ1v) is 10.9. The van der Waals surface area contributed by atoms with Gasteiger partial charge in [0.2, 0.25) is 11.7 Å². The van der Waals surface area contributed by atoms with Crippen LogP contribution in [0.1, 0.15) is 34.7 Å². The van der Waals surface area contributed by atoms with E-state index < -0.39 is 0 Å². The Hall–Kier alpha value is -3.68. The first-order chi connectivity index (χ1) is 16.0. The van der Waals surface area contributed by atoms with Crippen LogP contribution >= 0.6 is 0 Å². The van der Waals surface area contributed by atoms with Crippen molar-refractivity contribution in [1.29, 1.82) is 0 Å². The lowest BCUT2D eigenvalue weighted by Gasteiger charge is -2.20. The number of aryl methyl sites for hydroxylation is 1. The highest BCUT2D eigenvalue weighted by Gasteiger charge is 2.24. The van der Waals surface area contributed by atoms with Gasteiger partial charge < -0.3 is 23.5 Å². The van der Waals surface area contributed by atoms with E-state index >= 15 is 0 Å². The third-order valence-corrected chi connectivity index (χ3v) is 5.88. The summed E-state index contributed by atoms with van der Waals surface area (Å²) in [6.07, 6.45) is 8.07. The Morgan fingerprint density at radius 1 is 1.15 bits per heavy atom.